The molecule has 3 aromatic rings. The molecule has 0 atom stereocenters. The molecular formula is C19H18FN3O2S. The number of ether oxygens (including phenoxy) is 1. The van der Waals surface area contributed by atoms with Gasteiger partial charge in [-0.3, -0.25) is 10.1 Å². The van der Waals surface area contributed by atoms with Crippen molar-refractivity contribution in [1.82, 2.24) is 4.98 Å². The number of carbonyl (C=O) groups is 1. The summed E-state index contributed by atoms with van der Waals surface area (Å²) in [4.78, 5) is 18.7. The van der Waals surface area contributed by atoms with Crippen molar-refractivity contribution >= 4 is 28.1 Å². The Bertz CT molecular complexity index is 923. The number of halogens is 1. The molecule has 0 spiro atoms. The molecule has 3 rings (SSSR count). The zero-order valence-corrected chi connectivity index (χ0v) is 15.4. The van der Waals surface area contributed by atoms with Crippen LogP contribution in [0.5, 0.6) is 5.75 Å². The highest BCUT2D eigenvalue weighted by Gasteiger charge is 2.13. The average molecular weight is 371 g/mol. The maximum atomic E-state index is 13.5. The molecule has 134 valence electrons. The minimum absolute atomic E-state index is 0.248. The summed E-state index contributed by atoms with van der Waals surface area (Å²) >= 11 is 1.27. The van der Waals surface area contributed by atoms with Crippen LogP contribution in [0.15, 0.2) is 47.8 Å². The summed E-state index contributed by atoms with van der Waals surface area (Å²) in [7, 11) is 5.39. The topological polar surface area (TPSA) is 54.5 Å². The Morgan fingerprint density at radius 1 is 1.19 bits per heavy atom. The predicted molar refractivity (Wildman–Crippen MR) is 103 cm³/mol. The van der Waals surface area contributed by atoms with Crippen molar-refractivity contribution in [3.63, 3.8) is 0 Å². The van der Waals surface area contributed by atoms with Gasteiger partial charge in [0, 0.05) is 36.3 Å². The average Bonchev–Trinajstić information content (AvgIpc) is 3.10. The molecule has 1 amide bonds. The third-order valence-corrected chi connectivity index (χ3v) is 4.57. The SMILES string of the molecule is COc1ccc(F)cc1-c1csc(NC(=O)c2ccc(N(C)C)cc2)n1. The minimum atomic E-state index is -0.375. The second-order valence-electron chi connectivity index (χ2n) is 5.78. The molecule has 0 saturated carbocycles. The lowest BCUT2D eigenvalue weighted by molar-refractivity contribution is 0.102. The van der Waals surface area contributed by atoms with Crippen LogP contribution < -0.4 is 15.0 Å². The van der Waals surface area contributed by atoms with Gasteiger partial charge in [0.1, 0.15) is 11.6 Å². The Kier molecular flexibility index (Phi) is 5.18. The molecule has 1 N–H and O–H groups in total. The molecule has 0 fully saturated rings. The number of hydrogen-bond donors (Lipinski definition) is 1. The maximum Gasteiger partial charge on any atom is 0.257 e. The minimum Gasteiger partial charge on any atom is -0.496 e. The van der Waals surface area contributed by atoms with Gasteiger partial charge in [-0.25, -0.2) is 9.37 Å². The van der Waals surface area contributed by atoms with E-state index in [1.807, 2.05) is 31.1 Å². The van der Waals surface area contributed by atoms with Crippen LogP contribution in [0, 0.1) is 5.82 Å². The smallest absolute Gasteiger partial charge is 0.257 e. The molecule has 5 nitrogen and oxygen atoms in total. The Morgan fingerprint density at radius 2 is 1.92 bits per heavy atom. The van der Waals surface area contributed by atoms with E-state index >= 15 is 0 Å². The lowest BCUT2D eigenvalue weighted by Gasteiger charge is -2.12. The van der Waals surface area contributed by atoms with E-state index in [0.717, 1.165) is 5.69 Å². The van der Waals surface area contributed by atoms with E-state index in [1.54, 1.807) is 23.6 Å². The molecule has 0 bridgehead atoms. The third kappa shape index (κ3) is 3.83. The molecule has 1 aromatic heterocycles. The molecule has 0 aliphatic rings. The summed E-state index contributed by atoms with van der Waals surface area (Å²) in [6.07, 6.45) is 0. The zero-order valence-electron chi connectivity index (χ0n) is 14.6. The monoisotopic (exact) mass is 371 g/mol. The normalized spacial score (nSPS) is 10.5. The van der Waals surface area contributed by atoms with Crippen LogP contribution in [0.3, 0.4) is 0 Å². The summed E-state index contributed by atoms with van der Waals surface area (Å²) in [6, 6.07) is 11.5. The summed E-state index contributed by atoms with van der Waals surface area (Å²) < 4.78 is 18.8. The van der Waals surface area contributed by atoms with Gasteiger partial charge in [0.25, 0.3) is 5.91 Å². The first-order valence-electron chi connectivity index (χ1n) is 7.86. The fourth-order valence-electron chi connectivity index (χ4n) is 2.42. The first-order valence-corrected chi connectivity index (χ1v) is 8.74. The summed E-state index contributed by atoms with van der Waals surface area (Å²) in [5.41, 5.74) is 2.64. The highest BCUT2D eigenvalue weighted by atomic mass is 32.1. The van der Waals surface area contributed by atoms with Crippen molar-refractivity contribution in [2.24, 2.45) is 0 Å². The van der Waals surface area contributed by atoms with Gasteiger partial charge >= 0.3 is 0 Å². The summed E-state index contributed by atoms with van der Waals surface area (Å²) in [5.74, 6) is -0.100. The van der Waals surface area contributed by atoms with E-state index in [4.69, 9.17) is 4.74 Å². The van der Waals surface area contributed by atoms with E-state index in [0.29, 0.717) is 27.7 Å². The van der Waals surface area contributed by atoms with Gasteiger partial charge in [0.15, 0.2) is 5.13 Å². The van der Waals surface area contributed by atoms with Crippen molar-refractivity contribution in [3.8, 4) is 17.0 Å². The van der Waals surface area contributed by atoms with Gasteiger partial charge < -0.3 is 9.64 Å². The van der Waals surface area contributed by atoms with E-state index in [9.17, 15) is 9.18 Å². The number of nitrogens with zero attached hydrogens (tertiary/aromatic N) is 2. The largest absolute Gasteiger partial charge is 0.496 e. The Balaban J connectivity index is 1.78. The molecular weight excluding hydrogens is 353 g/mol. The standard InChI is InChI=1S/C19H18FN3O2S/c1-23(2)14-7-4-12(5-8-14)18(24)22-19-21-16(11-26-19)15-10-13(20)6-9-17(15)25-3/h4-11H,1-3H3,(H,21,22,24). The Labute approximate surface area is 155 Å². The number of methoxy groups -OCH3 is 1. The summed E-state index contributed by atoms with van der Waals surface area (Å²) in [6.45, 7) is 0. The van der Waals surface area contributed by atoms with Gasteiger partial charge in [-0.15, -0.1) is 11.3 Å². The number of rotatable bonds is 5. The number of carbonyl (C=O) groups excluding carboxylic acids is 1. The molecule has 0 saturated heterocycles. The molecule has 1 heterocycles. The highest BCUT2D eigenvalue weighted by Crippen LogP contribution is 2.32. The second kappa shape index (κ2) is 7.53. The number of nitrogens with one attached hydrogen (secondary N) is 1. The predicted octanol–water partition coefficient (Wildman–Crippen LogP) is 4.28. The molecule has 2 aromatic carbocycles. The number of hydrogen-bond acceptors (Lipinski definition) is 5. The Hall–Kier alpha value is -2.93. The molecule has 26 heavy (non-hydrogen) atoms. The van der Waals surface area contributed by atoms with Crippen LogP contribution in [0.2, 0.25) is 0 Å². The first-order chi connectivity index (χ1) is 12.5. The van der Waals surface area contributed by atoms with Crippen molar-refractivity contribution in [3.05, 3.63) is 59.2 Å². The number of amides is 1. The summed E-state index contributed by atoms with van der Waals surface area (Å²) in [5, 5.41) is 4.96. The van der Waals surface area contributed by atoms with Gasteiger partial charge in [-0.05, 0) is 42.5 Å². The first kappa shape index (κ1) is 17.9. The van der Waals surface area contributed by atoms with E-state index in [-0.39, 0.29) is 11.7 Å². The lowest BCUT2D eigenvalue weighted by Crippen LogP contribution is -2.13. The molecule has 0 aliphatic heterocycles. The van der Waals surface area contributed by atoms with Crippen LogP contribution in [-0.4, -0.2) is 32.1 Å². The number of anilines is 2. The van der Waals surface area contributed by atoms with Crippen LogP contribution in [0.1, 0.15) is 10.4 Å². The number of benzene rings is 2. The van der Waals surface area contributed by atoms with Gasteiger partial charge in [-0.1, -0.05) is 0 Å². The van der Waals surface area contributed by atoms with Crippen LogP contribution in [0.25, 0.3) is 11.3 Å². The van der Waals surface area contributed by atoms with Crippen molar-refractivity contribution < 1.29 is 13.9 Å². The fraction of sp³-hybridized carbons (Fsp3) is 0.158. The molecule has 0 unspecified atom stereocenters. The zero-order chi connectivity index (χ0) is 18.7. The van der Waals surface area contributed by atoms with Crippen LogP contribution >= 0.6 is 11.3 Å². The van der Waals surface area contributed by atoms with Crippen molar-refractivity contribution in [2.45, 2.75) is 0 Å². The molecule has 7 heteroatoms. The van der Waals surface area contributed by atoms with Crippen LogP contribution in [0.4, 0.5) is 15.2 Å². The molecule has 0 radical (unpaired) electrons. The van der Waals surface area contributed by atoms with Crippen molar-refractivity contribution in [2.75, 3.05) is 31.4 Å². The van der Waals surface area contributed by atoms with E-state index in [1.165, 1.54) is 30.6 Å². The molecule has 0 aliphatic carbocycles. The number of thiazole rings is 1. The van der Waals surface area contributed by atoms with E-state index < -0.39 is 0 Å². The lowest BCUT2D eigenvalue weighted by atomic mass is 10.1. The van der Waals surface area contributed by atoms with Gasteiger partial charge in [0.2, 0.25) is 0 Å². The second-order valence-corrected chi connectivity index (χ2v) is 6.64. The van der Waals surface area contributed by atoms with E-state index in [2.05, 4.69) is 10.3 Å². The Morgan fingerprint density at radius 3 is 2.58 bits per heavy atom. The fourth-order valence-corrected chi connectivity index (χ4v) is 3.12. The number of aromatic nitrogens is 1. The van der Waals surface area contributed by atoms with Crippen molar-refractivity contribution in [1.29, 1.82) is 0 Å². The quantitative estimate of drug-likeness (QED) is 0.727. The van der Waals surface area contributed by atoms with Crippen LogP contribution in [-0.2, 0) is 0 Å². The highest BCUT2D eigenvalue weighted by molar-refractivity contribution is 7.14. The van der Waals surface area contributed by atoms with Gasteiger partial charge in [0.05, 0.1) is 12.8 Å². The van der Waals surface area contributed by atoms with Gasteiger partial charge in [-0.2, -0.15) is 0 Å². The third-order valence-electron chi connectivity index (χ3n) is 3.81. The maximum absolute atomic E-state index is 13.5.